The van der Waals surface area contributed by atoms with Gasteiger partial charge in [0.15, 0.2) is 0 Å². The Labute approximate surface area is 186 Å². The highest BCUT2D eigenvalue weighted by Crippen LogP contribution is 2.29. The Morgan fingerprint density at radius 3 is 2.59 bits per heavy atom. The lowest BCUT2D eigenvalue weighted by Gasteiger charge is -2.24. The largest absolute Gasteiger partial charge is 0.497 e. The number of carbonyl (C=O) groups is 1. The standard InChI is InChI=1S/C21H25N3O7S/c1-15-5-10-19(12-20(15)24(26)27)32(28,29)23(16-6-8-17(30-2)9-7-16)14-21(25)22-13-18-4-3-11-31-18/h5-10,12,18H,3-4,11,13-14H2,1-2H3,(H,22,25)/t18-/m0/s1. The molecule has 2 aromatic carbocycles. The minimum atomic E-state index is -4.28. The van der Waals surface area contributed by atoms with Gasteiger partial charge in [-0.1, -0.05) is 6.07 Å². The topological polar surface area (TPSA) is 128 Å². The van der Waals surface area contributed by atoms with E-state index < -0.39 is 27.4 Å². The summed E-state index contributed by atoms with van der Waals surface area (Å²) in [5, 5.41) is 14.0. The third-order valence-corrected chi connectivity index (χ3v) is 6.93. The van der Waals surface area contributed by atoms with Crippen molar-refractivity contribution in [3.8, 4) is 5.75 Å². The summed E-state index contributed by atoms with van der Waals surface area (Å²) in [6.07, 6.45) is 1.65. The van der Waals surface area contributed by atoms with Crippen LogP contribution in [0.15, 0.2) is 47.4 Å². The molecule has 1 fully saturated rings. The van der Waals surface area contributed by atoms with Gasteiger partial charge in [0.05, 0.1) is 28.7 Å². The summed E-state index contributed by atoms with van der Waals surface area (Å²) < 4.78 is 38.4. The van der Waals surface area contributed by atoms with E-state index >= 15 is 0 Å². The van der Waals surface area contributed by atoms with E-state index in [0.717, 1.165) is 23.2 Å². The molecule has 0 bridgehead atoms. The lowest BCUT2D eigenvalue weighted by Crippen LogP contribution is -2.42. The van der Waals surface area contributed by atoms with Gasteiger partial charge in [-0.15, -0.1) is 0 Å². The molecule has 1 aliphatic rings. The molecule has 0 aliphatic carbocycles. The summed E-state index contributed by atoms with van der Waals surface area (Å²) in [6.45, 7) is 1.95. The summed E-state index contributed by atoms with van der Waals surface area (Å²) in [5.74, 6) is 0.00131. The van der Waals surface area contributed by atoms with Gasteiger partial charge in [0.1, 0.15) is 12.3 Å². The van der Waals surface area contributed by atoms with Gasteiger partial charge >= 0.3 is 0 Å². The van der Waals surface area contributed by atoms with Crippen molar-refractivity contribution < 1.29 is 27.6 Å². The van der Waals surface area contributed by atoms with Gasteiger partial charge in [-0.3, -0.25) is 19.2 Å². The van der Waals surface area contributed by atoms with Crippen molar-refractivity contribution in [3.63, 3.8) is 0 Å². The number of nitrogens with one attached hydrogen (secondary N) is 1. The first kappa shape index (κ1) is 23.5. The van der Waals surface area contributed by atoms with Crippen molar-refractivity contribution in [3.05, 3.63) is 58.1 Å². The van der Waals surface area contributed by atoms with Gasteiger partial charge in [0, 0.05) is 24.8 Å². The van der Waals surface area contributed by atoms with E-state index in [9.17, 15) is 23.3 Å². The third-order valence-electron chi connectivity index (χ3n) is 5.16. The van der Waals surface area contributed by atoms with E-state index in [1.54, 1.807) is 12.1 Å². The third kappa shape index (κ3) is 5.35. The molecule has 0 saturated carbocycles. The van der Waals surface area contributed by atoms with E-state index in [0.29, 0.717) is 17.9 Å². The molecule has 32 heavy (non-hydrogen) atoms. The maximum absolute atomic E-state index is 13.4. The zero-order valence-electron chi connectivity index (χ0n) is 17.8. The molecule has 0 spiro atoms. The van der Waals surface area contributed by atoms with Crippen LogP contribution in [0.2, 0.25) is 0 Å². The van der Waals surface area contributed by atoms with E-state index in [-0.39, 0.29) is 28.9 Å². The molecule has 3 rings (SSSR count). The molecule has 11 heteroatoms. The molecular weight excluding hydrogens is 438 g/mol. The highest BCUT2D eigenvalue weighted by atomic mass is 32.2. The van der Waals surface area contributed by atoms with Crippen LogP contribution in [0.25, 0.3) is 0 Å². The van der Waals surface area contributed by atoms with Crippen LogP contribution >= 0.6 is 0 Å². The van der Waals surface area contributed by atoms with Crippen LogP contribution in [-0.2, 0) is 19.6 Å². The summed E-state index contributed by atoms with van der Waals surface area (Å²) >= 11 is 0. The first-order chi connectivity index (χ1) is 15.2. The zero-order chi connectivity index (χ0) is 23.3. The van der Waals surface area contributed by atoms with E-state index in [1.807, 2.05) is 0 Å². The monoisotopic (exact) mass is 463 g/mol. The predicted molar refractivity (Wildman–Crippen MR) is 117 cm³/mol. The zero-order valence-corrected chi connectivity index (χ0v) is 18.6. The highest BCUT2D eigenvalue weighted by Gasteiger charge is 2.29. The Kier molecular flexibility index (Phi) is 7.31. The number of amides is 1. The summed E-state index contributed by atoms with van der Waals surface area (Å²) in [6, 6.07) is 9.82. The molecule has 1 aliphatic heterocycles. The van der Waals surface area contributed by atoms with E-state index in [1.165, 1.54) is 38.3 Å². The Morgan fingerprint density at radius 2 is 2.00 bits per heavy atom. The van der Waals surface area contributed by atoms with Crippen LogP contribution in [0, 0.1) is 17.0 Å². The average molecular weight is 464 g/mol. The van der Waals surface area contributed by atoms with Crippen molar-refractivity contribution in [2.24, 2.45) is 0 Å². The molecule has 1 atom stereocenters. The van der Waals surface area contributed by atoms with Crippen LogP contribution in [0.4, 0.5) is 11.4 Å². The fourth-order valence-corrected chi connectivity index (χ4v) is 4.80. The van der Waals surface area contributed by atoms with Gasteiger partial charge in [-0.25, -0.2) is 8.42 Å². The Morgan fingerprint density at radius 1 is 1.28 bits per heavy atom. The number of nitrogens with zero attached hydrogens (tertiary/aromatic N) is 2. The quantitative estimate of drug-likeness (QED) is 0.447. The Hall–Kier alpha value is -3.18. The van der Waals surface area contributed by atoms with Crippen LogP contribution in [0.3, 0.4) is 0 Å². The molecule has 10 nitrogen and oxygen atoms in total. The van der Waals surface area contributed by atoms with Crippen molar-refractivity contribution >= 4 is 27.3 Å². The smallest absolute Gasteiger partial charge is 0.273 e. The average Bonchev–Trinajstić information content (AvgIpc) is 3.30. The van der Waals surface area contributed by atoms with Crippen molar-refractivity contribution in [2.75, 3.05) is 31.1 Å². The van der Waals surface area contributed by atoms with E-state index in [2.05, 4.69) is 5.32 Å². The second kappa shape index (κ2) is 9.96. The maximum Gasteiger partial charge on any atom is 0.273 e. The predicted octanol–water partition coefficient (Wildman–Crippen LogP) is 2.40. The van der Waals surface area contributed by atoms with Crippen LogP contribution in [-0.4, -0.2) is 52.2 Å². The van der Waals surface area contributed by atoms with Gasteiger partial charge in [-0.05, 0) is 50.1 Å². The molecule has 2 aromatic rings. The number of carbonyl (C=O) groups excluding carboxylic acids is 1. The molecule has 172 valence electrons. The normalized spacial score (nSPS) is 15.9. The Bertz CT molecular complexity index is 1080. The first-order valence-corrected chi connectivity index (χ1v) is 11.5. The van der Waals surface area contributed by atoms with E-state index in [4.69, 9.17) is 9.47 Å². The fourth-order valence-electron chi connectivity index (χ4n) is 3.36. The molecule has 1 N–H and O–H groups in total. The minimum Gasteiger partial charge on any atom is -0.497 e. The molecular formula is C21H25N3O7S. The first-order valence-electron chi connectivity index (χ1n) is 10.0. The number of hydrogen-bond donors (Lipinski definition) is 1. The number of aryl methyl sites for hydroxylation is 1. The number of ether oxygens (including phenoxy) is 2. The number of anilines is 1. The number of nitro groups is 1. The van der Waals surface area contributed by atoms with Gasteiger partial charge in [0.2, 0.25) is 5.91 Å². The second-order valence-corrected chi connectivity index (χ2v) is 9.22. The molecule has 1 saturated heterocycles. The minimum absolute atomic E-state index is 0.0928. The van der Waals surface area contributed by atoms with Gasteiger partial charge in [-0.2, -0.15) is 0 Å². The van der Waals surface area contributed by atoms with Gasteiger partial charge in [0.25, 0.3) is 15.7 Å². The van der Waals surface area contributed by atoms with Crippen molar-refractivity contribution in [1.29, 1.82) is 0 Å². The number of sulfonamides is 1. The lowest BCUT2D eigenvalue weighted by molar-refractivity contribution is -0.385. The fraction of sp³-hybridized carbons (Fsp3) is 0.381. The number of benzene rings is 2. The highest BCUT2D eigenvalue weighted by molar-refractivity contribution is 7.92. The van der Waals surface area contributed by atoms with Crippen LogP contribution in [0.1, 0.15) is 18.4 Å². The van der Waals surface area contributed by atoms with Crippen LogP contribution < -0.4 is 14.4 Å². The molecule has 1 heterocycles. The number of rotatable bonds is 9. The van der Waals surface area contributed by atoms with Crippen molar-refractivity contribution in [1.82, 2.24) is 5.32 Å². The lowest BCUT2D eigenvalue weighted by atomic mass is 10.2. The summed E-state index contributed by atoms with van der Waals surface area (Å²) in [4.78, 5) is 23.0. The SMILES string of the molecule is COc1ccc(N(CC(=O)NC[C@@H]2CCCO2)S(=O)(=O)c2ccc(C)c([N+](=O)[O-])c2)cc1. The second-order valence-electron chi connectivity index (χ2n) is 7.35. The maximum atomic E-state index is 13.4. The van der Waals surface area contributed by atoms with Gasteiger partial charge < -0.3 is 14.8 Å². The number of hydrogen-bond acceptors (Lipinski definition) is 7. The summed E-state index contributed by atoms with van der Waals surface area (Å²) in [5.41, 5.74) is 0.240. The molecule has 1 amide bonds. The van der Waals surface area contributed by atoms with Crippen LogP contribution in [0.5, 0.6) is 5.75 Å². The Balaban J connectivity index is 1.92. The number of methoxy groups -OCH3 is 1. The summed E-state index contributed by atoms with van der Waals surface area (Å²) in [7, 11) is -2.80. The number of nitro benzene ring substituents is 1. The van der Waals surface area contributed by atoms with Crippen molar-refractivity contribution in [2.45, 2.75) is 30.8 Å². The molecule has 0 unspecified atom stereocenters. The molecule has 0 radical (unpaired) electrons. The molecule has 0 aromatic heterocycles.